The van der Waals surface area contributed by atoms with E-state index < -0.39 is 42.0 Å². The highest BCUT2D eigenvalue weighted by atomic mass is 19.3. The number of alkyl halides is 3. The summed E-state index contributed by atoms with van der Waals surface area (Å²) in [5, 5.41) is 9.30. The number of carbonyl (C=O) groups is 1. The van der Waals surface area contributed by atoms with Crippen molar-refractivity contribution in [3.05, 3.63) is 64.9 Å². The van der Waals surface area contributed by atoms with Crippen molar-refractivity contribution < 1.29 is 41.3 Å². The summed E-state index contributed by atoms with van der Waals surface area (Å²) in [5.74, 6) is -3.94. The molecule has 41 heavy (non-hydrogen) atoms. The second-order valence-electron chi connectivity index (χ2n) is 11.1. The van der Waals surface area contributed by atoms with Crippen LogP contribution < -0.4 is 4.74 Å². The quantitative estimate of drug-likeness (QED) is 0.165. The summed E-state index contributed by atoms with van der Waals surface area (Å²) in [6.45, 7) is 4.52. The van der Waals surface area contributed by atoms with E-state index in [9.17, 15) is 18.0 Å². The van der Waals surface area contributed by atoms with E-state index in [1.807, 2.05) is 31.2 Å². The standard InChI is InChI=1S/C30H35F5N2O4/c1-18-14-21-20-10-6-7-11-24(20)36-26(21)27(37(18)17-29(2,3)33)25-22(31)15-19(16-23(25)32)40-12-8-4-5-9-13-41-30(34,35)28(38)39/h6-7,10-11,15-16,18,27,36H,4-5,8-9,12-14,17H2,1-3H3,(H,38,39)/t18-,27-/m1/s1. The summed E-state index contributed by atoms with van der Waals surface area (Å²) < 4.78 is 81.7. The molecule has 0 saturated heterocycles. The summed E-state index contributed by atoms with van der Waals surface area (Å²) in [6, 6.07) is 8.85. The van der Waals surface area contributed by atoms with Gasteiger partial charge in [0.2, 0.25) is 0 Å². The summed E-state index contributed by atoms with van der Waals surface area (Å²) in [5.41, 5.74) is 0.667. The van der Waals surface area contributed by atoms with Crippen LogP contribution in [-0.4, -0.2) is 58.5 Å². The fourth-order valence-electron chi connectivity index (χ4n) is 5.41. The van der Waals surface area contributed by atoms with Crippen molar-refractivity contribution in [1.82, 2.24) is 9.88 Å². The molecule has 0 radical (unpaired) electrons. The van der Waals surface area contributed by atoms with Crippen LogP contribution in [0.4, 0.5) is 22.0 Å². The smallest absolute Gasteiger partial charge is 0.455 e. The lowest BCUT2D eigenvalue weighted by molar-refractivity contribution is -0.245. The molecular weight excluding hydrogens is 547 g/mol. The van der Waals surface area contributed by atoms with Crippen molar-refractivity contribution in [2.75, 3.05) is 19.8 Å². The number of para-hydroxylation sites is 1. The van der Waals surface area contributed by atoms with Gasteiger partial charge in [-0.25, -0.2) is 18.0 Å². The molecule has 0 aliphatic carbocycles. The second kappa shape index (κ2) is 12.4. The first-order chi connectivity index (χ1) is 19.3. The van der Waals surface area contributed by atoms with Gasteiger partial charge in [-0.05, 0) is 58.1 Å². The number of unbranched alkanes of at least 4 members (excludes halogenated alkanes) is 3. The van der Waals surface area contributed by atoms with Crippen LogP contribution in [-0.2, 0) is 16.0 Å². The molecule has 11 heteroatoms. The van der Waals surface area contributed by atoms with Gasteiger partial charge in [0.25, 0.3) is 0 Å². The van der Waals surface area contributed by atoms with E-state index in [1.54, 1.807) is 4.90 Å². The zero-order valence-electron chi connectivity index (χ0n) is 23.3. The molecule has 2 aromatic carbocycles. The van der Waals surface area contributed by atoms with Gasteiger partial charge in [-0.1, -0.05) is 24.6 Å². The topological polar surface area (TPSA) is 74.8 Å². The minimum Gasteiger partial charge on any atom is -0.493 e. The van der Waals surface area contributed by atoms with Gasteiger partial charge in [-0.3, -0.25) is 4.90 Å². The van der Waals surface area contributed by atoms with Gasteiger partial charge in [0.1, 0.15) is 23.1 Å². The number of aromatic nitrogens is 1. The largest absolute Gasteiger partial charge is 0.493 e. The number of hydrogen-bond donors (Lipinski definition) is 2. The highest BCUT2D eigenvalue weighted by molar-refractivity contribution is 5.85. The Morgan fingerprint density at radius 3 is 2.32 bits per heavy atom. The molecule has 3 aromatic rings. The number of nitrogens with one attached hydrogen (secondary N) is 1. The first-order valence-corrected chi connectivity index (χ1v) is 13.7. The van der Waals surface area contributed by atoms with Crippen LogP contribution in [0.1, 0.15) is 69.3 Å². The normalized spacial score (nSPS) is 18.0. The fraction of sp³-hybridized carbons (Fsp3) is 0.500. The third-order valence-corrected chi connectivity index (χ3v) is 7.24. The lowest BCUT2D eigenvalue weighted by Crippen LogP contribution is -2.48. The molecule has 1 aliphatic heterocycles. The average Bonchev–Trinajstić information content (AvgIpc) is 3.24. The predicted octanol–water partition coefficient (Wildman–Crippen LogP) is 7.16. The van der Waals surface area contributed by atoms with Gasteiger partial charge < -0.3 is 19.6 Å². The van der Waals surface area contributed by atoms with E-state index in [0.717, 1.165) is 28.6 Å². The van der Waals surface area contributed by atoms with E-state index >= 15 is 8.78 Å². The number of rotatable bonds is 13. The number of H-pyrrole nitrogens is 1. The van der Waals surface area contributed by atoms with Crippen LogP contribution in [0.25, 0.3) is 10.9 Å². The number of aromatic amines is 1. The molecule has 4 rings (SSSR count). The van der Waals surface area contributed by atoms with Gasteiger partial charge >= 0.3 is 12.1 Å². The molecule has 0 unspecified atom stereocenters. The van der Waals surface area contributed by atoms with Crippen LogP contribution in [0.15, 0.2) is 36.4 Å². The molecule has 1 aliphatic rings. The fourth-order valence-corrected chi connectivity index (χ4v) is 5.41. The van der Waals surface area contributed by atoms with Crippen molar-refractivity contribution in [3.8, 4) is 5.75 Å². The van der Waals surface area contributed by atoms with E-state index in [4.69, 9.17) is 9.84 Å². The zero-order chi connectivity index (χ0) is 29.9. The van der Waals surface area contributed by atoms with Crippen LogP contribution in [0.3, 0.4) is 0 Å². The maximum Gasteiger partial charge on any atom is 0.455 e. The first-order valence-electron chi connectivity index (χ1n) is 13.7. The van der Waals surface area contributed by atoms with Gasteiger partial charge in [-0.15, -0.1) is 0 Å². The number of hydrogen-bond acceptors (Lipinski definition) is 4. The maximum atomic E-state index is 15.7. The van der Waals surface area contributed by atoms with Crippen molar-refractivity contribution in [2.24, 2.45) is 0 Å². The first kappa shape index (κ1) is 30.8. The third kappa shape index (κ3) is 7.19. The number of ether oxygens (including phenoxy) is 2. The Bertz CT molecular complexity index is 1350. The molecule has 0 amide bonds. The molecule has 6 nitrogen and oxygen atoms in total. The molecule has 224 valence electrons. The van der Waals surface area contributed by atoms with E-state index in [-0.39, 0.29) is 36.9 Å². The molecule has 2 N–H and O–H groups in total. The Kier molecular flexibility index (Phi) is 9.28. The molecule has 0 bridgehead atoms. The minimum absolute atomic E-state index is 0.00582. The van der Waals surface area contributed by atoms with Crippen molar-refractivity contribution in [2.45, 2.75) is 76.7 Å². The number of aliphatic carboxylic acids is 1. The SMILES string of the molecule is C[C@@H]1Cc2c([nH]c3ccccc23)[C@@H](c2c(F)cc(OCCCCCCOC(F)(F)C(=O)O)cc2F)N1CC(C)(C)F. The number of nitrogens with zero attached hydrogens (tertiary/aromatic N) is 1. The highest BCUT2D eigenvalue weighted by Gasteiger charge is 2.41. The number of fused-ring (bicyclic) bond motifs is 3. The van der Waals surface area contributed by atoms with Crippen molar-refractivity contribution >= 4 is 16.9 Å². The molecule has 2 heterocycles. The average molecular weight is 583 g/mol. The Hall–Kier alpha value is -3.18. The summed E-state index contributed by atoms with van der Waals surface area (Å²) in [6.07, 6.45) is -1.87. The minimum atomic E-state index is -4.21. The Labute approximate surface area is 235 Å². The predicted molar refractivity (Wildman–Crippen MR) is 144 cm³/mol. The van der Waals surface area contributed by atoms with E-state index in [0.29, 0.717) is 31.4 Å². The summed E-state index contributed by atoms with van der Waals surface area (Å²) in [4.78, 5) is 15.5. The molecule has 0 fully saturated rings. The molecule has 0 spiro atoms. The second-order valence-corrected chi connectivity index (χ2v) is 11.1. The summed E-state index contributed by atoms with van der Waals surface area (Å²) >= 11 is 0. The molecular formula is C30H35F5N2O4. The van der Waals surface area contributed by atoms with Gasteiger partial charge in [-0.2, -0.15) is 8.78 Å². The Morgan fingerprint density at radius 1 is 1.05 bits per heavy atom. The lowest BCUT2D eigenvalue weighted by atomic mass is 9.87. The lowest BCUT2D eigenvalue weighted by Gasteiger charge is -2.43. The molecule has 0 saturated carbocycles. The number of benzene rings is 2. The summed E-state index contributed by atoms with van der Waals surface area (Å²) in [7, 11) is 0. The zero-order valence-corrected chi connectivity index (χ0v) is 23.3. The van der Waals surface area contributed by atoms with Crippen LogP contribution in [0, 0.1) is 11.6 Å². The number of halogens is 5. The molecule has 1 aromatic heterocycles. The Balaban J connectivity index is 1.47. The van der Waals surface area contributed by atoms with Crippen molar-refractivity contribution in [1.29, 1.82) is 0 Å². The highest BCUT2D eigenvalue weighted by Crippen LogP contribution is 2.43. The third-order valence-electron chi connectivity index (χ3n) is 7.24. The van der Waals surface area contributed by atoms with Gasteiger partial charge in [0, 0.05) is 46.9 Å². The number of carboxylic acid groups (broad SMARTS) is 1. The monoisotopic (exact) mass is 582 g/mol. The Morgan fingerprint density at radius 2 is 1.68 bits per heavy atom. The van der Waals surface area contributed by atoms with E-state index in [2.05, 4.69) is 9.72 Å². The van der Waals surface area contributed by atoms with E-state index in [1.165, 1.54) is 13.8 Å². The van der Waals surface area contributed by atoms with Crippen LogP contribution in [0.5, 0.6) is 5.75 Å². The molecule has 2 atom stereocenters. The number of carboxylic acids is 1. The van der Waals surface area contributed by atoms with Gasteiger partial charge in [0.15, 0.2) is 0 Å². The van der Waals surface area contributed by atoms with Gasteiger partial charge in [0.05, 0.1) is 19.3 Å². The van der Waals surface area contributed by atoms with Crippen LogP contribution >= 0.6 is 0 Å². The van der Waals surface area contributed by atoms with Crippen LogP contribution in [0.2, 0.25) is 0 Å². The van der Waals surface area contributed by atoms with Crippen molar-refractivity contribution in [3.63, 3.8) is 0 Å². The maximum absolute atomic E-state index is 15.7.